The van der Waals surface area contributed by atoms with Gasteiger partial charge < -0.3 is 19.7 Å². The van der Waals surface area contributed by atoms with Crippen LogP contribution in [0.25, 0.3) is 0 Å². The van der Waals surface area contributed by atoms with E-state index in [1.165, 1.54) is 6.07 Å². The fraction of sp³-hybridized carbons (Fsp3) is 0.700. The molecule has 1 saturated carbocycles. The van der Waals surface area contributed by atoms with Gasteiger partial charge in [-0.15, -0.1) is 0 Å². The largest absolute Gasteiger partial charge is 0.489 e. The summed E-state index contributed by atoms with van der Waals surface area (Å²) in [5.41, 5.74) is -1.45. The average Bonchev–Trinajstić information content (AvgIpc) is 3.08. The third-order valence-corrected chi connectivity index (χ3v) is 4.97. The average molecular weight is 415 g/mol. The van der Waals surface area contributed by atoms with E-state index in [2.05, 4.69) is 10.3 Å². The zero-order valence-corrected chi connectivity index (χ0v) is 17.0. The topological polar surface area (TPSA) is 63.7 Å². The monoisotopic (exact) mass is 415 g/mol. The number of hydrogen-bond donors (Lipinski definition) is 1. The molecule has 1 N–H and O–H groups in total. The Morgan fingerprint density at radius 1 is 1.21 bits per heavy atom. The summed E-state index contributed by atoms with van der Waals surface area (Å²) in [5.74, 6) is 0.868. The molecule has 3 rings (SSSR count). The first kappa shape index (κ1) is 21.5. The van der Waals surface area contributed by atoms with E-state index in [4.69, 9.17) is 9.47 Å². The number of carbonyl (C=O) groups excluding carboxylic acids is 1. The van der Waals surface area contributed by atoms with Crippen LogP contribution in [-0.4, -0.2) is 42.4 Å². The number of anilines is 1. The van der Waals surface area contributed by atoms with Gasteiger partial charge in [-0.2, -0.15) is 13.2 Å². The van der Waals surface area contributed by atoms with Gasteiger partial charge in [0, 0.05) is 19.1 Å². The van der Waals surface area contributed by atoms with Crippen LogP contribution in [0.5, 0.6) is 5.75 Å². The number of carbonyl (C=O) groups is 1. The molecule has 0 bridgehead atoms. The van der Waals surface area contributed by atoms with E-state index in [1.807, 2.05) is 4.90 Å². The lowest BCUT2D eigenvalue weighted by atomic mass is 9.81. The van der Waals surface area contributed by atoms with Crippen molar-refractivity contribution in [2.75, 3.05) is 24.6 Å². The van der Waals surface area contributed by atoms with Crippen LogP contribution in [-0.2, 0) is 10.9 Å². The second kappa shape index (κ2) is 8.28. The van der Waals surface area contributed by atoms with Crippen molar-refractivity contribution in [3.8, 4) is 5.75 Å². The van der Waals surface area contributed by atoms with Gasteiger partial charge in [0.1, 0.15) is 11.3 Å². The molecule has 1 aliphatic carbocycles. The Labute approximate surface area is 168 Å². The molecule has 0 unspecified atom stereocenters. The second-order valence-corrected chi connectivity index (χ2v) is 8.70. The molecule has 0 atom stereocenters. The molecule has 29 heavy (non-hydrogen) atoms. The molecule has 2 fully saturated rings. The van der Waals surface area contributed by atoms with Crippen molar-refractivity contribution in [3.05, 3.63) is 17.8 Å². The number of ether oxygens (including phenoxy) is 2. The first-order valence-electron chi connectivity index (χ1n) is 9.97. The SMILES string of the molecule is CC(C)(C)OC(=O)NC1CC(COc2ccc(C(F)(F)F)nc2N2CCCC2)C1. The first-order valence-corrected chi connectivity index (χ1v) is 9.97. The quantitative estimate of drug-likeness (QED) is 0.773. The van der Waals surface area contributed by atoms with Crippen molar-refractivity contribution in [1.29, 1.82) is 0 Å². The van der Waals surface area contributed by atoms with Crippen LogP contribution >= 0.6 is 0 Å². The number of nitrogens with one attached hydrogen (secondary N) is 1. The lowest BCUT2D eigenvalue weighted by Crippen LogP contribution is -2.47. The molecule has 1 aromatic rings. The summed E-state index contributed by atoms with van der Waals surface area (Å²) in [6, 6.07) is 2.35. The van der Waals surface area contributed by atoms with E-state index >= 15 is 0 Å². The van der Waals surface area contributed by atoms with Gasteiger partial charge in [0.2, 0.25) is 0 Å². The number of nitrogens with zero attached hydrogens (tertiary/aromatic N) is 2. The maximum Gasteiger partial charge on any atom is 0.433 e. The fourth-order valence-corrected chi connectivity index (χ4v) is 3.53. The molecule has 1 saturated heterocycles. The predicted molar refractivity (Wildman–Crippen MR) is 102 cm³/mol. The van der Waals surface area contributed by atoms with Gasteiger partial charge in [0.25, 0.3) is 0 Å². The molecule has 2 heterocycles. The Morgan fingerprint density at radius 2 is 1.86 bits per heavy atom. The number of aromatic nitrogens is 1. The minimum atomic E-state index is -4.48. The van der Waals surface area contributed by atoms with E-state index in [-0.39, 0.29) is 17.8 Å². The Hall–Kier alpha value is -2.19. The van der Waals surface area contributed by atoms with Crippen molar-refractivity contribution in [2.24, 2.45) is 5.92 Å². The van der Waals surface area contributed by atoms with E-state index in [0.29, 0.717) is 25.4 Å². The highest BCUT2D eigenvalue weighted by molar-refractivity contribution is 5.68. The molecule has 9 heteroatoms. The molecule has 0 spiro atoms. The van der Waals surface area contributed by atoms with Crippen molar-refractivity contribution in [2.45, 2.75) is 64.3 Å². The van der Waals surface area contributed by atoms with Crippen LogP contribution in [0.15, 0.2) is 12.1 Å². The van der Waals surface area contributed by atoms with E-state index < -0.39 is 23.6 Å². The van der Waals surface area contributed by atoms with Crippen LogP contribution in [0.2, 0.25) is 0 Å². The Kier molecular flexibility index (Phi) is 6.14. The molecule has 0 aromatic carbocycles. The van der Waals surface area contributed by atoms with E-state index in [9.17, 15) is 18.0 Å². The van der Waals surface area contributed by atoms with Crippen molar-refractivity contribution in [1.82, 2.24) is 10.3 Å². The van der Waals surface area contributed by atoms with Crippen molar-refractivity contribution < 1.29 is 27.4 Å². The molecule has 2 aliphatic rings. The third kappa shape index (κ3) is 5.90. The summed E-state index contributed by atoms with van der Waals surface area (Å²) in [6.45, 7) is 7.15. The van der Waals surface area contributed by atoms with E-state index in [0.717, 1.165) is 31.7 Å². The van der Waals surface area contributed by atoms with Crippen molar-refractivity contribution >= 4 is 11.9 Å². The van der Waals surface area contributed by atoms with Gasteiger partial charge in [0.05, 0.1) is 6.61 Å². The maximum absolute atomic E-state index is 13.0. The molecule has 1 amide bonds. The van der Waals surface area contributed by atoms with E-state index in [1.54, 1.807) is 20.8 Å². The molecule has 1 aromatic heterocycles. The second-order valence-electron chi connectivity index (χ2n) is 8.70. The standard InChI is InChI=1S/C20H28F3N3O3/c1-19(2,3)29-18(27)24-14-10-13(11-14)12-28-15-6-7-16(20(21,22)23)25-17(15)26-8-4-5-9-26/h6-7,13-14H,4-5,8-12H2,1-3H3,(H,24,27). The van der Waals surface area contributed by atoms with Gasteiger partial charge in [0.15, 0.2) is 11.6 Å². The molecule has 1 aliphatic heterocycles. The Morgan fingerprint density at radius 3 is 2.45 bits per heavy atom. The summed E-state index contributed by atoms with van der Waals surface area (Å²) < 4.78 is 50.2. The van der Waals surface area contributed by atoms with Crippen LogP contribution < -0.4 is 15.0 Å². The van der Waals surface area contributed by atoms with Crippen molar-refractivity contribution in [3.63, 3.8) is 0 Å². The predicted octanol–water partition coefficient (Wildman–Crippen LogP) is 4.38. The summed E-state index contributed by atoms with van der Waals surface area (Å²) in [7, 11) is 0. The highest BCUT2D eigenvalue weighted by Crippen LogP contribution is 2.36. The highest BCUT2D eigenvalue weighted by Gasteiger charge is 2.35. The number of alkyl carbamates (subject to hydrolysis) is 1. The van der Waals surface area contributed by atoms with Crippen LogP contribution in [0.4, 0.5) is 23.8 Å². The Balaban J connectivity index is 1.54. The molecular formula is C20H28F3N3O3. The Bertz CT molecular complexity index is 722. The fourth-order valence-electron chi connectivity index (χ4n) is 3.53. The molecule has 6 nitrogen and oxygen atoms in total. The maximum atomic E-state index is 13.0. The van der Waals surface area contributed by atoms with Gasteiger partial charge in [-0.25, -0.2) is 9.78 Å². The lowest BCUT2D eigenvalue weighted by Gasteiger charge is -2.36. The van der Waals surface area contributed by atoms with Crippen LogP contribution in [0, 0.1) is 5.92 Å². The summed E-state index contributed by atoms with van der Waals surface area (Å²) in [5, 5.41) is 2.82. The number of amides is 1. The normalized spacial score (nSPS) is 22.2. The van der Waals surface area contributed by atoms with Gasteiger partial charge in [-0.05, 0) is 64.5 Å². The minimum absolute atomic E-state index is 0.0298. The summed E-state index contributed by atoms with van der Waals surface area (Å²) >= 11 is 0. The third-order valence-electron chi connectivity index (χ3n) is 4.97. The number of hydrogen-bond acceptors (Lipinski definition) is 5. The van der Waals surface area contributed by atoms with Gasteiger partial charge >= 0.3 is 12.3 Å². The lowest BCUT2D eigenvalue weighted by molar-refractivity contribution is -0.141. The van der Waals surface area contributed by atoms with Gasteiger partial charge in [-0.1, -0.05) is 0 Å². The zero-order valence-electron chi connectivity index (χ0n) is 17.0. The van der Waals surface area contributed by atoms with Gasteiger partial charge in [-0.3, -0.25) is 0 Å². The number of alkyl halides is 3. The first-order chi connectivity index (χ1) is 13.5. The molecule has 0 radical (unpaired) electrons. The smallest absolute Gasteiger partial charge is 0.433 e. The highest BCUT2D eigenvalue weighted by atomic mass is 19.4. The summed E-state index contributed by atoms with van der Waals surface area (Å²) in [4.78, 5) is 17.5. The van der Waals surface area contributed by atoms with Crippen LogP contribution in [0.1, 0.15) is 52.1 Å². The molecule has 162 valence electrons. The summed E-state index contributed by atoms with van der Waals surface area (Å²) in [6.07, 6.45) is -1.58. The minimum Gasteiger partial charge on any atom is -0.489 e. The number of pyridine rings is 1. The number of halogens is 3. The number of rotatable bonds is 5. The zero-order chi connectivity index (χ0) is 21.2. The van der Waals surface area contributed by atoms with Crippen LogP contribution in [0.3, 0.4) is 0 Å². The molecular weight excluding hydrogens is 387 g/mol.